The molecular formula is C4H6Li2O7. The van der Waals surface area contributed by atoms with Crippen LogP contribution in [0, 0.1) is 0 Å². The molecule has 66 valence electrons. The van der Waals surface area contributed by atoms with E-state index >= 15 is 0 Å². The second-order valence-corrected chi connectivity index (χ2v) is 1.53. The Labute approximate surface area is 97.4 Å². The Morgan fingerprint density at radius 3 is 1.15 bits per heavy atom. The van der Waals surface area contributed by atoms with E-state index in [1.807, 2.05) is 0 Å². The first-order valence-electron chi connectivity index (χ1n) is 2.24. The summed E-state index contributed by atoms with van der Waals surface area (Å²) in [5, 5.41) is 35.7. The van der Waals surface area contributed by atoms with Crippen molar-refractivity contribution in [3.05, 3.63) is 0 Å². The van der Waals surface area contributed by atoms with Gasteiger partial charge in [0.05, 0.1) is 11.9 Å². The van der Waals surface area contributed by atoms with E-state index in [1.54, 1.807) is 0 Å². The minimum absolute atomic E-state index is 0. The predicted molar refractivity (Wildman–Crippen MR) is 25.6 cm³/mol. The first-order chi connectivity index (χ1) is 4.46. The van der Waals surface area contributed by atoms with Gasteiger partial charge in [0.15, 0.2) is 0 Å². The zero-order valence-corrected chi connectivity index (χ0v) is 7.18. The van der Waals surface area contributed by atoms with Crippen molar-refractivity contribution >= 4 is 11.9 Å². The summed E-state index contributed by atoms with van der Waals surface area (Å²) in [4.78, 5) is 19.3. The molecule has 13 heavy (non-hydrogen) atoms. The third-order valence-electron chi connectivity index (χ3n) is 0.782. The number of rotatable bonds is 3. The van der Waals surface area contributed by atoms with Crippen molar-refractivity contribution in [2.75, 3.05) is 0 Å². The summed E-state index contributed by atoms with van der Waals surface area (Å²) in [6.45, 7) is 0. The van der Waals surface area contributed by atoms with E-state index in [0.717, 1.165) is 0 Å². The normalized spacial score (nSPS) is 12.2. The summed E-state index contributed by atoms with van der Waals surface area (Å²) < 4.78 is 0. The van der Waals surface area contributed by atoms with Crippen molar-refractivity contribution < 1.29 is 73.2 Å². The van der Waals surface area contributed by atoms with Crippen LogP contribution in [0.15, 0.2) is 0 Å². The molecule has 0 unspecified atom stereocenters. The molecule has 0 aromatic rings. The molecule has 0 fully saturated rings. The van der Waals surface area contributed by atoms with E-state index in [9.17, 15) is 19.8 Å². The molecular weight excluding hydrogens is 174 g/mol. The number of hydrogen-bond donors (Lipinski definition) is 2. The van der Waals surface area contributed by atoms with Gasteiger partial charge in [0.1, 0.15) is 12.2 Å². The van der Waals surface area contributed by atoms with Gasteiger partial charge in [-0.25, -0.2) is 0 Å². The molecule has 0 aliphatic carbocycles. The SMILES string of the molecule is O.O=C([O-])[C@H](O)[C@@H](O)C(=O)[O-].[Li+].[Li+]. The van der Waals surface area contributed by atoms with Crippen LogP contribution in [0.1, 0.15) is 0 Å². The van der Waals surface area contributed by atoms with Gasteiger partial charge in [-0.05, 0) is 0 Å². The van der Waals surface area contributed by atoms with E-state index in [0.29, 0.717) is 0 Å². The molecule has 0 aliphatic rings. The Kier molecular flexibility index (Phi) is 18.0. The van der Waals surface area contributed by atoms with E-state index in [2.05, 4.69) is 0 Å². The molecule has 9 heteroatoms. The van der Waals surface area contributed by atoms with Crippen molar-refractivity contribution in [1.29, 1.82) is 0 Å². The molecule has 0 aliphatic heterocycles. The number of hydrogen-bond acceptors (Lipinski definition) is 6. The van der Waals surface area contributed by atoms with Crippen LogP contribution in [-0.2, 0) is 9.59 Å². The van der Waals surface area contributed by atoms with E-state index in [-0.39, 0.29) is 43.2 Å². The van der Waals surface area contributed by atoms with Gasteiger partial charge in [0, 0.05) is 0 Å². The maximum absolute atomic E-state index is 9.63. The van der Waals surface area contributed by atoms with Gasteiger partial charge in [0.2, 0.25) is 0 Å². The van der Waals surface area contributed by atoms with Crippen molar-refractivity contribution in [2.24, 2.45) is 0 Å². The van der Waals surface area contributed by atoms with Gasteiger partial charge in [-0.1, -0.05) is 0 Å². The van der Waals surface area contributed by atoms with Crippen LogP contribution >= 0.6 is 0 Å². The maximum atomic E-state index is 9.63. The van der Waals surface area contributed by atoms with Crippen LogP contribution < -0.4 is 47.9 Å². The van der Waals surface area contributed by atoms with Crippen LogP contribution in [0.5, 0.6) is 0 Å². The van der Waals surface area contributed by atoms with E-state index in [4.69, 9.17) is 10.2 Å². The number of carboxylic acid groups (broad SMARTS) is 2. The largest absolute Gasteiger partial charge is 1.00 e. The van der Waals surface area contributed by atoms with Crippen LogP contribution in [-0.4, -0.2) is 39.8 Å². The Bertz CT molecular complexity index is 143. The molecule has 0 rings (SSSR count). The van der Waals surface area contributed by atoms with Crippen LogP contribution in [0.4, 0.5) is 0 Å². The standard InChI is InChI=1S/C4H6O6.2Li.H2O/c5-1(3(7)8)2(6)4(9)10;;;/h1-2,5-6H,(H,7,8)(H,9,10);;;1H2/q;2*+1;/p-2/t1-,2-;;;/m1.../s1. The third kappa shape index (κ3) is 8.35. The zero-order valence-electron chi connectivity index (χ0n) is 7.18. The first kappa shape index (κ1) is 23.1. The maximum Gasteiger partial charge on any atom is 1.00 e. The summed E-state index contributed by atoms with van der Waals surface area (Å²) in [5.41, 5.74) is 0. The molecule has 7 nitrogen and oxygen atoms in total. The molecule has 0 bridgehead atoms. The molecule has 4 N–H and O–H groups in total. The fourth-order valence-corrected chi connectivity index (χ4v) is 0.258. The first-order valence-corrected chi connectivity index (χ1v) is 2.24. The Morgan fingerprint density at radius 1 is 0.923 bits per heavy atom. The summed E-state index contributed by atoms with van der Waals surface area (Å²) in [6.07, 6.45) is -4.88. The number of aliphatic carboxylic acids is 2. The smallest absolute Gasteiger partial charge is 0.547 e. The Balaban J connectivity index is -0.000000135. The van der Waals surface area contributed by atoms with Crippen molar-refractivity contribution in [3.8, 4) is 0 Å². The molecule has 0 aromatic heterocycles. The number of carbonyl (C=O) groups excluding carboxylic acids is 2. The monoisotopic (exact) mass is 180 g/mol. The van der Waals surface area contributed by atoms with Gasteiger partial charge >= 0.3 is 37.7 Å². The molecule has 0 saturated heterocycles. The van der Waals surface area contributed by atoms with Gasteiger partial charge in [-0.3, -0.25) is 0 Å². The van der Waals surface area contributed by atoms with Crippen molar-refractivity contribution in [3.63, 3.8) is 0 Å². The number of carbonyl (C=O) groups is 2. The topological polar surface area (TPSA) is 152 Å². The summed E-state index contributed by atoms with van der Waals surface area (Å²) in [6, 6.07) is 0. The molecule has 2 atom stereocenters. The number of carboxylic acids is 2. The molecule has 0 heterocycles. The van der Waals surface area contributed by atoms with Crippen LogP contribution in [0.2, 0.25) is 0 Å². The Morgan fingerprint density at radius 2 is 1.08 bits per heavy atom. The van der Waals surface area contributed by atoms with Gasteiger partial charge < -0.3 is 35.5 Å². The Hall–Kier alpha value is 0.0148. The average Bonchev–Trinajstić information content (AvgIpc) is 1.84. The molecule has 0 saturated carbocycles. The molecule has 0 amide bonds. The fourth-order valence-electron chi connectivity index (χ4n) is 0.258. The second-order valence-electron chi connectivity index (χ2n) is 1.53. The summed E-state index contributed by atoms with van der Waals surface area (Å²) in [5.74, 6) is -4.12. The van der Waals surface area contributed by atoms with Crippen molar-refractivity contribution in [1.82, 2.24) is 0 Å². The van der Waals surface area contributed by atoms with Gasteiger partial charge in [0.25, 0.3) is 0 Å². The zero-order chi connectivity index (χ0) is 8.31. The second kappa shape index (κ2) is 10.1. The summed E-state index contributed by atoms with van der Waals surface area (Å²) >= 11 is 0. The van der Waals surface area contributed by atoms with E-state index in [1.165, 1.54) is 0 Å². The molecule has 0 aromatic carbocycles. The van der Waals surface area contributed by atoms with Crippen LogP contribution in [0.3, 0.4) is 0 Å². The average molecular weight is 180 g/mol. The molecule has 0 radical (unpaired) electrons. The summed E-state index contributed by atoms with van der Waals surface area (Å²) in [7, 11) is 0. The predicted octanol–water partition coefficient (Wildman–Crippen LogP) is -11.6. The minimum Gasteiger partial charge on any atom is -0.547 e. The van der Waals surface area contributed by atoms with Crippen molar-refractivity contribution in [2.45, 2.75) is 12.2 Å². The third-order valence-corrected chi connectivity index (χ3v) is 0.782. The molecule has 0 spiro atoms. The van der Waals surface area contributed by atoms with Gasteiger partial charge in [-0.2, -0.15) is 0 Å². The van der Waals surface area contributed by atoms with E-state index < -0.39 is 24.1 Å². The quantitative estimate of drug-likeness (QED) is 0.411. The number of aliphatic hydroxyl groups is 2. The van der Waals surface area contributed by atoms with Crippen LogP contribution in [0.25, 0.3) is 0 Å². The van der Waals surface area contributed by atoms with Gasteiger partial charge in [-0.15, -0.1) is 0 Å². The number of aliphatic hydroxyl groups excluding tert-OH is 2. The minimum atomic E-state index is -2.44. The fraction of sp³-hybridized carbons (Fsp3) is 0.500.